The van der Waals surface area contributed by atoms with Crippen LogP contribution in [0.1, 0.15) is 36.9 Å². The molecule has 1 atom stereocenters. The molecule has 2 heterocycles. The number of fused-ring (bicyclic) bond motifs is 1. The number of hydrazone groups is 1. The molecule has 0 saturated carbocycles. The van der Waals surface area contributed by atoms with Gasteiger partial charge in [0.15, 0.2) is 11.5 Å². The van der Waals surface area contributed by atoms with Gasteiger partial charge in [-0.25, -0.2) is 5.01 Å². The van der Waals surface area contributed by atoms with Gasteiger partial charge in [-0.1, -0.05) is 65.3 Å². The highest BCUT2D eigenvalue weighted by atomic mass is 79.9. The first-order valence-electron chi connectivity index (χ1n) is 12.6. The third kappa shape index (κ3) is 5.20. The Balaban J connectivity index is 1.46. The maximum atomic E-state index is 13.8. The second-order valence-corrected chi connectivity index (χ2v) is 11.0. The predicted octanol–water partition coefficient (Wildman–Crippen LogP) is 7.30. The molecule has 3 aromatic carbocycles. The smallest absolute Gasteiger partial charge is 0.253 e. The van der Waals surface area contributed by atoms with Gasteiger partial charge in [0.05, 0.1) is 31.7 Å². The fraction of sp³-hybridized carbons (Fsp3) is 0.267. The number of nitrogens with zero attached hydrogens (tertiary/aromatic N) is 3. The Morgan fingerprint density at radius 1 is 1.05 bits per heavy atom. The number of benzene rings is 3. The number of thioether (sulfide) groups is 1. The molecule has 0 aliphatic carbocycles. The summed E-state index contributed by atoms with van der Waals surface area (Å²) >= 11 is 5.07. The average Bonchev–Trinajstić information content (AvgIpc) is 3.54. The van der Waals surface area contributed by atoms with Crippen LogP contribution in [-0.4, -0.2) is 41.2 Å². The fourth-order valence-corrected chi connectivity index (χ4v) is 6.14. The molecule has 0 radical (unpaired) electrons. The van der Waals surface area contributed by atoms with Gasteiger partial charge in [0.1, 0.15) is 0 Å². The Kier molecular flexibility index (Phi) is 8.09. The van der Waals surface area contributed by atoms with Crippen LogP contribution in [0.5, 0.6) is 11.5 Å². The number of aryl methyl sites for hydroxylation is 1. The number of rotatable bonds is 9. The summed E-state index contributed by atoms with van der Waals surface area (Å²) in [6.07, 6.45) is 3.79. The minimum Gasteiger partial charge on any atom is -0.493 e. The van der Waals surface area contributed by atoms with E-state index in [1.165, 1.54) is 10.9 Å². The lowest BCUT2D eigenvalue weighted by Crippen LogP contribution is -2.28. The van der Waals surface area contributed by atoms with Crippen molar-refractivity contribution in [3.05, 3.63) is 88.5 Å². The van der Waals surface area contributed by atoms with E-state index in [4.69, 9.17) is 14.6 Å². The van der Waals surface area contributed by atoms with Crippen LogP contribution >= 0.6 is 27.7 Å². The number of carbonyl (C=O) groups excluding carboxylic acids is 1. The zero-order chi connectivity index (χ0) is 26.6. The van der Waals surface area contributed by atoms with Crippen LogP contribution in [0.4, 0.5) is 0 Å². The Bertz CT molecular complexity index is 1480. The van der Waals surface area contributed by atoms with Crippen LogP contribution in [0.15, 0.2) is 87.4 Å². The molecule has 5 rings (SSSR count). The number of aromatic nitrogens is 1. The number of methoxy groups -OCH3 is 2. The molecule has 0 spiro atoms. The first-order valence-corrected chi connectivity index (χ1v) is 14.4. The molecule has 1 aliphatic heterocycles. The summed E-state index contributed by atoms with van der Waals surface area (Å²) < 4.78 is 14.6. The maximum Gasteiger partial charge on any atom is 0.253 e. The van der Waals surface area contributed by atoms with E-state index < -0.39 is 0 Å². The molecule has 6 nitrogen and oxygen atoms in total. The van der Waals surface area contributed by atoms with Gasteiger partial charge in [0.2, 0.25) is 0 Å². The Morgan fingerprint density at radius 3 is 2.58 bits per heavy atom. The topological polar surface area (TPSA) is 56.1 Å². The number of hydrogen-bond donors (Lipinski definition) is 0. The van der Waals surface area contributed by atoms with Crippen molar-refractivity contribution >= 4 is 50.2 Å². The van der Waals surface area contributed by atoms with E-state index in [9.17, 15) is 4.79 Å². The van der Waals surface area contributed by atoms with Crippen molar-refractivity contribution in [3.63, 3.8) is 0 Å². The minimum atomic E-state index is -0.298. The van der Waals surface area contributed by atoms with Crippen LogP contribution in [0, 0.1) is 0 Å². The number of halogens is 1. The molecule has 38 heavy (non-hydrogen) atoms. The first kappa shape index (κ1) is 26.4. The van der Waals surface area contributed by atoms with Gasteiger partial charge in [0, 0.05) is 45.0 Å². The van der Waals surface area contributed by atoms with E-state index in [0.29, 0.717) is 17.9 Å². The lowest BCUT2D eigenvalue weighted by Gasteiger charge is -2.24. The van der Waals surface area contributed by atoms with Gasteiger partial charge < -0.3 is 14.0 Å². The molecule has 1 aromatic heterocycles. The highest BCUT2D eigenvalue weighted by molar-refractivity contribution is 9.10. The lowest BCUT2D eigenvalue weighted by atomic mass is 9.97. The fourth-order valence-electron chi connectivity index (χ4n) is 4.93. The van der Waals surface area contributed by atoms with Gasteiger partial charge in [-0.3, -0.25) is 4.79 Å². The van der Waals surface area contributed by atoms with Crippen molar-refractivity contribution < 1.29 is 14.3 Å². The Labute approximate surface area is 235 Å². The quantitative estimate of drug-likeness (QED) is 0.192. The molecule has 0 fully saturated rings. The SMILES string of the molecule is CCCn1cc(SCC(=O)N2N=C(c3ccc(Br)cc3)C[C@@H]2c2cccc(OC)c2OC)c2ccccc21. The molecule has 196 valence electrons. The molecule has 0 saturated heterocycles. The van der Waals surface area contributed by atoms with E-state index in [0.717, 1.165) is 39.2 Å². The summed E-state index contributed by atoms with van der Waals surface area (Å²) in [5.41, 5.74) is 3.93. The summed E-state index contributed by atoms with van der Waals surface area (Å²) in [7, 11) is 3.25. The highest BCUT2D eigenvalue weighted by Gasteiger charge is 2.35. The number of para-hydroxylation sites is 2. The second-order valence-electron chi connectivity index (χ2n) is 9.09. The van der Waals surface area contributed by atoms with Crippen molar-refractivity contribution in [2.45, 2.75) is 37.2 Å². The van der Waals surface area contributed by atoms with Gasteiger partial charge in [-0.15, -0.1) is 11.8 Å². The molecular weight excluding hydrogens is 562 g/mol. The molecule has 4 aromatic rings. The van der Waals surface area contributed by atoms with Crippen molar-refractivity contribution in [3.8, 4) is 11.5 Å². The highest BCUT2D eigenvalue weighted by Crippen LogP contribution is 2.42. The Hall–Kier alpha value is -3.23. The predicted molar refractivity (Wildman–Crippen MR) is 157 cm³/mol. The van der Waals surface area contributed by atoms with Crippen LogP contribution in [0.25, 0.3) is 10.9 Å². The second kappa shape index (κ2) is 11.7. The molecule has 0 N–H and O–H groups in total. The molecular formula is C30H30BrN3O3S. The lowest BCUT2D eigenvalue weighted by molar-refractivity contribution is -0.130. The number of carbonyl (C=O) groups is 1. The first-order chi connectivity index (χ1) is 18.5. The van der Waals surface area contributed by atoms with Crippen LogP contribution in [-0.2, 0) is 11.3 Å². The Morgan fingerprint density at radius 2 is 1.84 bits per heavy atom. The molecule has 1 amide bonds. The van der Waals surface area contributed by atoms with Gasteiger partial charge >= 0.3 is 0 Å². The third-order valence-corrected chi connectivity index (χ3v) is 8.26. The molecule has 0 bridgehead atoms. The van der Waals surface area contributed by atoms with Gasteiger partial charge in [-0.05, 0) is 36.2 Å². The van der Waals surface area contributed by atoms with Gasteiger partial charge in [-0.2, -0.15) is 5.10 Å². The van der Waals surface area contributed by atoms with Gasteiger partial charge in [0.25, 0.3) is 5.91 Å². The van der Waals surface area contributed by atoms with Crippen LogP contribution in [0.3, 0.4) is 0 Å². The summed E-state index contributed by atoms with van der Waals surface area (Å²) in [5, 5.41) is 7.66. The van der Waals surface area contributed by atoms with E-state index in [2.05, 4.69) is 51.8 Å². The van der Waals surface area contributed by atoms with Crippen LogP contribution < -0.4 is 9.47 Å². The summed E-state index contributed by atoms with van der Waals surface area (Å²) in [6.45, 7) is 3.12. The molecule has 0 unspecified atom stereocenters. The van der Waals surface area contributed by atoms with Crippen molar-refractivity contribution in [1.82, 2.24) is 9.58 Å². The minimum absolute atomic E-state index is 0.0516. The van der Waals surface area contributed by atoms with Crippen molar-refractivity contribution in [2.24, 2.45) is 5.10 Å². The zero-order valence-electron chi connectivity index (χ0n) is 21.7. The molecule has 1 aliphatic rings. The number of hydrogen-bond acceptors (Lipinski definition) is 5. The summed E-state index contributed by atoms with van der Waals surface area (Å²) in [6, 6.07) is 21.9. The standard InChI is InChI=1S/C30H30BrN3O3S/c1-4-16-33-18-28(22-8-5-6-10-25(22)33)38-19-29(35)34-26(23-9-7-11-27(36-2)30(23)37-3)17-24(32-34)20-12-14-21(31)15-13-20/h5-15,18,26H,4,16-17,19H2,1-3H3/t26-/m1/s1. The summed E-state index contributed by atoms with van der Waals surface area (Å²) in [5.74, 6) is 1.48. The summed E-state index contributed by atoms with van der Waals surface area (Å²) in [4.78, 5) is 14.9. The molecule has 8 heteroatoms. The maximum absolute atomic E-state index is 13.8. The average molecular weight is 593 g/mol. The van der Waals surface area contributed by atoms with E-state index in [1.807, 2.05) is 48.5 Å². The number of ether oxygens (including phenoxy) is 2. The van der Waals surface area contributed by atoms with E-state index >= 15 is 0 Å². The number of amides is 1. The largest absolute Gasteiger partial charge is 0.493 e. The van der Waals surface area contributed by atoms with E-state index in [1.54, 1.807) is 31.0 Å². The van der Waals surface area contributed by atoms with Crippen molar-refractivity contribution in [1.29, 1.82) is 0 Å². The monoisotopic (exact) mass is 591 g/mol. The van der Waals surface area contributed by atoms with E-state index in [-0.39, 0.29) is 17.7 Å². The van der Waals surface area contributed by atoms with Crippen molar-refractivity contribution in [2.75, 3.05) is 20.0 Å². The zero-order valence-corrected chi connectivity index (χ0v) is 24.1. The van der Waals surface area contributed by atoms with Crippen LogP contribution in [0.2, 0.25) is 0 Å². The normalized spacial score (nSPS) is 15.1. The third-order valence-electron chi connectivity index (χ3n) is 6.70.